The molecule has 0 saturated carbocycles. The Kier molecular flexibility index (Phi) is 7.18. The molecule has 1 amide bonds. The molecule has 7 nitrogen and oxygen atoms in total. The van der Waals surface area contributed by atoms with Gasteiger partial charge in [-0.25, -0.2) is 21.9 Å². The van der Waals surface area contributed by atoms with Gasteiger partial charge in [0.1, 0.15) is 16.5 Å². The van der Waals surface area contributed by atoms with Crippen LogP contribution in [0.4, 0.5) is 8.78 Å². The molecule has 0 bridgehead atoms. The van der Waals surface area contributed by atoms with E-state index in [1.165, 1.54) is 0 Å². The fourth-order valence-corrected chi connectivity index (χ4v) is 3.45. The van der Waals surface area contributed by atoms with Crippen molar-refractivity contribution >= 4 is 21.9 Å². The number of benzene rings is 2. The second kappa shape index (κ2) is 9.38. The van der Waals surface area contributed by atoms with Crippen LogP contribution >= 0.6 is 0 Å². The van der Waals surface area contributed by atoms with E-state index in [1.807, 2.05) is 0 Å². The fourth-order valence-electron chi connectivity index (χ4n) is 2.32. The molecule has 0 aliphatic heterocycles. The summed E-state index contributed by atoms with van der Waals surface area (Å²) >= 11 is 0. The van der Waals surface area contributed by atoms with Crippen LogP contribution < -0.4 is 10.5 Å². The molecule has 10 heteroatoms. The Labute approximate surface area is 160 Å². The second-order valence-electron chi connectivity index (χ2n) is 5.76. The zero-order chi connectivity index (χ0) is 20.7. The highest BCUT2D eigenvalue weighted by Gasteiger charge is 2.23. The van der Waals surface area contributed by atoms with Crippen molar-refractivity contribution < 1.29 is 31.5 Å². The highest BCUT2D eigenvalue weighted by Crippen LogP contribution is 2.18. The largest absolute Gasteiger partial charge is 0.447 e. The van der Waals surface area contributed by atoms with Crippen molar-refractivity contribution in [2.45, 2.75) is 23.8 Å². The molecule has 0 saturated heterocycles. The normalized spacial score (nSPS) is 12.4. The summed E-state index contributed by atoms with van der Waals surface area (Å²) in [6.45, 7) is -0.194. The molecule has 3 N–H and O–H groups in total. The van der Waals surface area contributed by atoms with E-state index in [0.717, 1.165) is 12.1 Å². The standard InChI is InChI=1S/C18H18F2N2O5S/c19-13-8-9-15(14(20)11-13)28(25,26)22-10-4-7-16(23)27-17(18(21)24)12-5-2-1-3-6-12/h1-3,5-6,8-9,11,17,22H,4,7,10H2,(H2,21,24)/t17-/m1/s1. The number of hydrogen-bond donors (Lipinski definition) is 2. The summed E-state index contributed by atoms with van der Waals surface area (Å²) in [7, 11) is -4.20. The zero-order valence-electron chi connectivity index (χ0n) is 14.6. The van der Waals surface area contributed by atoms with E-state index in [4.69, 9.17) is 10.5 Å². The highest BCUT2D eigenvalue weighted by atomic mass is 32.2. The Balaban J connectivity index is 1.87. The molecule has 1 atom stereocenters. The molecule has 0 heterocycles. The summed E-state index contributed by atoms with van der Waals surface area (Å²) in [6.07, 6.45) is -1.43. The van der Waals surface area contributed by atoms with E-state index in [0.29, 0.717) is 11.6 Å². The number of amides is 1. The van der Waals surface area contributed by atoms with Crippen molar-refractivity contribution in [3.63, 3.8) is 0 Å². The summed E-state index contributed by atoms with van der Waals surface area (Å²) in [5.41, 5.74) is 5.66. The topological polar surface area (TPSA) is 116 Å². The van der Waals surface area contributed by atoms with Gasteiger partial charge in [0.15, 0.2) is 0 Å². The molecule has 2 aromatic rings. The van der Waals surface area contributed by atoms with Gasteiger partial charge in [0.2, 0.25) is 16.1 Å². The molecular formula is C18H18F2N2O5S. The number of nitrogens with one attached hydrogen (secondary N) is 1. The Morgan fingerprint density at radius 2 is 1.79 bits per heavy atom. The lowest BCUT2D eigenvalue weighted by atomic mass is 10.1. The van der Waals surface area contributed by atoms with Crippen molar-refractivity contribution in [2.75, 3.05) is 6.54 Å². The molecule has 0 unspecified atom stereocenters. The summed E-state index contributed by atoms with van der Waals surface area (Å²) in [5, 5.41) is 0. The van der Waals surface area contributed by atoms with E-state index >= 15 is 0 Å². The number of rotatable bonds is 9. The Morgan fingerprint density at radius 3 is 2.39 bits per heavy atom. The molecule has 0 aromatic heterocycles. The van der Waals surface area contributed by atoms with Crippen LogP contribution in [0.25, 0.3) is 0 Å². The van der Waals surface area contributed by atoms with E-state index < -0.39 is 44.5 Å². The lowest BCUT2D eigenvalue weighted by molar-refractivity contribution is -0.155. The summed E-state index contributed by atoms with van der Waals surface area (Å²) in [5.74, 6) is -3.72. The molecule has 28 heavy (non-hydrogen) atoms. The number of hydrogen-bond acceptors (Lipinski definition) is 5. The summed E-state index contributed by atoms with van der Waals surface area (Å²) in [6, 6.07) is 10.3. The van der Waals surface area contributed by atoms with Gasteiger partial charge in [-0.05, 0) is 18.6 Å². The third-order valence-electron chi connectivity index (χ3n) is 3.64. The maximum absolute atomic E-state index is 13.6. The van der Waals surface area contributed by atoms with E-state index in [9.17, 15) is 26.8 Å². The number of primary amides is 1. The van der Waals surface area contributed by atoms with Gasteiger partial charge in [-0.2, -0.15) is 0 Å². The van der Waals surface area contributed by atoms with Gasteiger partial charge in [0, 0.05) is 24.6 Å². The fraction of sp³-hybridized carbons (Fsp3) is 0.222. The molecule has 150 valence electrons. The molecular weight excluding hydrogens is 394 g/mol. The van der Waals surface area contributed by atoms with Gasteiger partial charge < -0.3 is 10.5 Å². The van der Waals surface area contributed by atoms with Gasteiger partial charge >= 0.3 is 5.97 Å². The van der Waals surface area contributed by atoms with Crippen LogP contribution in [-0.4, -0.2) is 26.8 Å². The first-order valence-corrected chi connectivity index (χ1v) is 9.67. The first-order valence-electron chi connectivity index (χ1n) is 8.19. The monoisotopic (exact) mass is 412 g/mol. The van der Waals surface area contributed by atoms with Crippen LogP contribution in [0.15, 0.2) is 53.4 Å². The number of sulfonamides is 1. The van der Waals surface area contributed by atoms with Gasteiger partial charge in [-0.1, -0.05) is 30.3 Å². The van der Waals surface area contributed by atoms with E-state index in [-0.39, 0.29) is 19.4 Å². The Bertz CT molecular complexity index is 952. The van der Waals surface area contributed by atoms with Crippen LogP contribution in [0.3, 0.4) is 0 Å². The van der Waals surface area contributed by atoms with Crippen LogP contribution in [0, 0.1) is 11.6 Å². The molecule has 0 radical (unpaired) electrons. The molecule has 0 aliphatic rings. The highest BCUT2D eigenvalue weighted by molar-refractivity contribution is 7.89. The first kappa shape index (κ1) is 21.5. The number of nitrogens with two attached hydrogens (primary N) is 1. The zero-order valence-corrected chi connectivity index (χ0v) is 15.4. The lowest BCUT2D eigenvalue weighted by Crippen LogP contribution is -2.28. The molecule has 0 spiro atoms. The van der Waals surface area contributed by atoms with Crippen LogP contribution in [-0.2, 0) is 24.3 Å². The van der Waals surface area contributed by atoms with E-state index in [1.54, 1.807) is 30.3 Å². The van der Waals surface area contributed by atoms with Crippen molar-refractivity contribution in [1.29, 1.82) is 0 Å². The molecule has 0 fully saturated rings. The number of carbonyl (C=O) groups excluding carboxylic acids is 2. The maximum atomic E-state index is 13.6. The van der Waals surface area contributed by atoms with Crippen LogP contribution in [0.1, 0.15) is 24.5 Å². The van der Waals surface area contributed by atoms with Crippen LogP contribution in [0.5, 0.6) is 0 Å². The number of ether oxygens (including phenoxy) is 1. The van der Waals surface area contributed by atoms with Crippen molar-refractivity contribution in [3.05, 3.63) is 65.7 Å². The summed E-state index contributed by atoms with van der Waals surface area (Å²) < 4.78 is 57.6. The third-order valence-corrected chi connectivity index (χ3v) is 5.14. The Morgan fingerprint density at radius 1 is 1.11 bits per heavy atom. The predicted molar refractivity (Wildman–Crippen MR) is 95.2 cm³/mol. The van der Waals surface area contributed by atoms with Crippen molar-refractivity contribution in [1.82, 2.24) is 4.72 Å². The first-order chi connectivity index (χ1) is 13.2. The number of halogens is 2. The minimum atomic E-state index is -4.20. The average Bonchev–Trinajstić information content (AvgIpc) is 2.63. The average molecular weight is 412 g/mol. The second-order valence-corrected chi connectivity index (χ2v) is 7.49. The Hall–Kier alpha value is -2.85. The number of carbonyl (C=O) groups is 2. The van der Waals surface area contributed by atoms with Gasteiger partial charge in [0.05, 0.1) is 0 Å². The van der Waals surface area contributed by atoms with Crippen molar-refractivity contribution in [3.8, 4) is 0 Å². The molecule has 0 aliphatic carbocycles. The quantitative estimate of drug-likeness (QED) is 0.481. The van der Waals surface area contributed by atoms with Gasteiger partial charge in [0.25, 0.3) is 5.91 Å². The predicted octanol–water partition coefficient (Wildman–Crippen LogP) is 1.79. The molecule has 2 aromatic carbocycles. The van der Waals surface area contributed by atoms with Crippen LogP contribution in [0.2, 0.25) is 0 Å². The lowest BCUT2D eigenvalue weighted by Gasteiger charge is -2.15. The summed E-state index contributed by atoms with van der Waals surface area (Å²) in [4.78, 5) is 22.7. The smallest absolute Gasteiger partial charge is 0.306 e. The number of esters is 1. The van der Waals surface area contributed by atoms with E-state index in [2.05, 4.69) is 4.72 Å². The minimum absolute atomic E-state index is 0.0289. The van der Waals surface area contributed by atoms with Crippen molar-refractivity contribution in [2.24, 2.45) is 5.73 Å². The third kappa shape index (κ3) is 5.83. The SMILES string of the molecule is NC(=O)[C@H](OC(=O)CCCNS(=O)(=O)c1ccc(F)cc1F)c1ccccc1. The minimum Gasteiger partial charge on any atom is -0.447 e. The van der Waals surface area contributed by atoms with Gasteiger partial charge in [-0.15, -0.1) is 0 Å². The van der Waals surface area contributed by atoms with Gasteiger partial charge in [-0.3, -0.25) is 9.59 Å². The molecule has 2 rings (SSSR count). The maximum Gasteiger partial charge on any atom is 0.306 e.